The van der Waals surface area contributed by atoms with Crippen LogP contribution >= 0.6 is 0 Å². The Bertz CT molecular complexity index is 773. The predicted octanol–water partition coefficient (Wildman–Crippen LogP) is 2.86. The van der Waals surface area contributed by atoms with Gasteiger partial charge in [-0.15, -0.1) is 0 Å². The smallest absolute Gasteiger partial charge is 0.357 e. The van der Waals surface area contributed by atoms with Crippen LogP contribution in [0.1, 0.15) is 43.1 Å². The first-order valence-electron chi connectivity index (χ1n) is 8.79. The Morgan fingerprint density at radius 2 is 2.00 bits per heavy atom. The molecule has 0 radical (unpaired) electrons. The molecule has 1 aromatic carbocycles. The van der Waals surface area contributed by atoms with E-state index in [2.05, 4.69) is 17.2 Å². The Labute approximate surface area is 151 Å². The van der Waals surface area contributed by atoms with E-state index in [4.69, 9.17) is 4.74 Å². The highest BCUT2D eigenvalue weighted by Crippen LogP contribution is 2.23. The molecule has 138 valence electrons. The number of amides is 1. The number of hydrogen-bond acceptors (Lipinski definition) is 4. The van der Waals surface area contributed by atoms with Crippen LogP contribution in [0.15, 0.2) is 36.8 Å². The van der Waals surface area contributed by atoms with Gasteiger partial charge in [0.1, 0.15) is 5.82 Å². The minimum absolute atomic E-state index is 0.139. The summed E-state index contributed by atoms with van der Waals surface area (Å²) in [7, 11) is 0. The van der Waals surface area contributed by atoms with Crippen LogP contribution in [0.2, 0.25) is 0 Å². The van der Waals surface area contributed by atoms with E-state index in [1.165, 1.54) is 47.8 Å². The molecular formula is C19H22FN3O3. The zero-order valence-electron chi connectivity index (χ0n) is 14.7. The number of imidazole rings is 1. The lowest BCUT2D eigenvalue weighted by molar-refractivity contribution is -0.125. The monoisotopic (exact) mass is 359 g/mol. The summed E-state index contributed by atoms with van der Waals surface area (Å²) in [5.74, 6) is -0.890. The lowest BCUT2D eigenvalue weighted by atomic mass is 9.86. The minimum atomic E-state index is -0.654. The van der Waals surface area contributed by atoms with E-state index >= 15 is 0 Å². The highest BCUT2D eigenvalue weighted by Gasteiger charge is 2.23. The molecular weight excluding hydrogens is 337 g/mol. The van der Waals surface area contributed by atoms with Gasteiger partial charge in [0.15, 0.2) is 12.3 Å². The quantitative estimate of drug-likeness (QED) is 0.833. The van der Waals surface area contributed by atoms with E-state index in [1.54, 1.807) is 0 Å². The van der Waals surface area contributed by atoms with Crippen molar-refractivity contribution in [2.24, 2.45) is 5.92 Å². The largest absolute Gasteiger partial charge is 0.451 e. The molecule has 1 heterocycles. The standard InChI is InChI=1S/C19H22FN3O3/c1-13-4-2-3-5-16(13)22-18(24)11-26-19(25)17-10-21-12-23(17)15-8-6-14(20)7-9-15/h6-10,12-13,16H,2-5,11H2,1H3,(H,22,24)/t13-,16+/m0/s1. The molecule has 3 rings (SSSR count). The number of hydrogen-bond donors (Lipinski definition) is 1. The van der Waals surface area contributed by atoms with Gasteiger partial charge in [0.2, 0.25) is 0 Å². The highest BCUT2D eigenvalue weighted by molar-refractivity contribution is 5.90. The van der Waals surface area contributed by atoms with Crippen LogP contribution in [0, 0.1) is 11.7 Å². The van der Waals surface area contributed by atoms with E-state index in [-0.39, 0.29) is 30.1 Å². The highest BCUT2D eigenvalue weighted by atomic mass is 19.1. The normalized spacial score (nSPS) is 19.8. The van der Waals surface area contributed by atoms with Crippen LogP contribution in [0.4, 0.5) is 4.39 Å². The van der Waals surface area contributed by atoms with Crippen LogP contribution < -0.4 is 5.32 Å². The van der Waals surface area contributed by atoms with Gasteiger partial charge >= 0.3 is 5.97 Å². The van der Waals surface area contributed by atoms with Crippen molar-refractivity contribution in [1.82, 2.24) is 14.9 Å². The Morgan fingerprint density at radius 3 is 2.73 bits per heavy atom. The molecule has 1 aliphatic rings. The van der Waals surface area contributed by atoms with Gasteiger partial charge in [-0.25, -0.2) is 14.2 Å². The zero-order valence-corrected chi connectivity index (χ0v) is 14.7. The molecule has 6 nitrogen and oxygen atoms in total. The molecule has 26 heavy (non-hydrogen) atoms. The molecule has 1 aromatic heterocycles. The molecule has 0 aliphatic heterocycles. The van der Waals surface area contributed by atoms with Crippen LogP contribution in [0.3, 0.4) is 0 Å². The van der Waals surface area contributed by atoms with E-state index in [0.29, 0.717) is 11.6 Å². The number of esters is 1. The molecule has 1 amide bonds. The first kappa shape index (κ1) is 18.1. The maximum atomic E-state index is 13.1. The number of nitrogens with zero attached hydrogens (tertiary/aromatic N) is 2. The molecule has 1 fully saturated rings. The molecule has 1 aliphatic carbocycles. The SMILES string of the molecule is C[C@H]1CCCC[C@H]1NC(=O)COC(=O)c1cncn1-c1ccc(F)cc1. The molecule has 0 bridgehead atoms. The third-order valence-corrected chi connectivity index (χ3v) is 4.74. The number of aromatic nitrogens is 2. The van der Waals surface area contributed by atoms with Crippen molar-refractivity contribution in [2.75, 3.05) is 6.61 Å². The van der Waals surface area contributed by atoms with Gasteiger partial charge in [0.05, 0.1) is 12.5 Å². The van der Waals surface area contributed by atoms with Crippen LogP contribution in [-0.4, -0.2) is 34.1 Å². The number of carbonyl (C=O) groups excluding carboxylic acids is 2. The minimum Gasteiger partial charge on any atom is -0.451 e. The van der Waals surface area contributed by atoms with E-state index < -0.39 is 5.97 Å². The summed E-state index contributed by atoms with van der Waals surface area (Å²) in [5.41, 5.74) is 0.756. The molecule has 0 unspecified atom stereocenters. The maximum absolute atomic E-state index is 13.1. The van der Waals surface area contributed by atoms with Gasteiger partial charge in [0.25, 0.3) is 5.91 Å². The van der Waals surface area contributed by atoms with Gasteiger partial charge in [0, 0.05) is 11.7 Å². The maximum Gasteiger partial charge on any atom is 0.357 e. The first-order valence-corrected chi connectivity index (χ1v) is 8.79. The van der Waals surface area contributed by atoms with Crippen molar-refractivity contribution >= 4 is 11.9 Å². The van der Waals surface area contributed by atoms with Crippen molar-refractivity contribution in [2.45, 2.75) is 38.6 Å². The summed E-state index contributed by atoms with van der Waals surface area (Å²) in [5, 5.41) is 2.94. The Balaban J connectivity index is 1.58. The van der Waals surface area contributed by atoms with Gasteiger partial charge in [-0.1, -0.05) is 19.8 Å². The topological polar surface area (TPSA) is 73.2 Å². The fraction of sp³-hybridized carbons (Fsp3) is 0.421. The van der Waals surface area contributed by atoms with Gasteiger partial charge in [-0.2, -0.15) is 0 Å². The molecule has 0 saturated heterocycles. The molecule has 2 aromatic rings. The number of nitrogens with one attached hydrogen (secondary N) is 1. The molecule has 1 N–H and O–H groups in total. The third-order valence-electron chi connectivity index (χ3n) is 4.74. The number of carbonyl (C=O) groups is 2. The molecule has 1 saturated carbocycles. The van der Waals surface area contributed by atoms with Crippen molar-refractivity contribution in [3.05, 3.63) is 48.3 Å². The zero-order chi connectivity index (χ0) is 18.5. The van der Waals surface area contributed by atoms with Gasteiger partial charge in [-0.3, -0.25) is 9.36 Å². The van der Waals surface area contributed by atoms with Crippen molar-refractivity contribution in [3.63, 3.8) is 0 Å². The second-order valence-corrected chi connectivity index (χ2v) is 6.64. The average Bonchev–Trinajstić information content (AvgIpc) is 3.12. The fourth-order valence-corrected chi connectivity index (χ4v) is 3.24. The lowest BCUT2D eigenvalue weighted by Gasteiger charge is -2.29. The lowest BCUT2D eigenvalue weighted by Crippen LogP contribution is -2.42. The summed E-state index contributed by atoms with van der Waals surface area (Å²) in [6.45, 7) is 1.79. The Morgan fingerprint density at radius 1 is 1.27 bits per heavy atom. The Hall–Kier alpha value is -2.70. The second-order valence-electron chi connectivity index (χ2n) is 6.64. The van der Waals surface area contributed by atoms with Crippen LogP contribution in [0.5, 0.6) is 0 Å². The van der Waals surface area contributed by atoms with Crippen LogP contribution in [-0.2, 0) is 9.53 Å². The second kappa shape index (κ2) is 8.12. The summed E-state index contributed by atoms with van der Waals surface area (Å²) in [4.78, 5) is 28.3. The van der Waals surface area contributed by atoms with Crippen LogP contribution in [0.25, 0.3) is 5.69 Å². The molecule has 7 heteroatoms. The summed E-state index contributed by atoms with van der Waals surface area (Å²) >= 11 is 0. The summed E-state index contributed by atoms with van der Waals surface area (Å²) in [6.07, 6.45) is 7.14. The van der Waals surface area contributed by atoms with E-state index in [0.717, 1.165) is 19.3 Å². The molecule has 2 atom stereocenters. The number of halogens is 1. The summed E-state index contributed by atoms with van der Waals surface area (Å²) < 4.78 is 19.7. The van der Waals surface area contributed by atoms with E-state index in [9.17, 15) is 14.0 Å². The number of ether oxygens (including phenoxy) is 1. The van der Waals surface area contributed by atoms with Crippen molar-refractivity contribution < 1.29 is 18.7 Å². The number of rotatable bonds is 5. The van der Waals surface area contributed by atoms with Gasteiger partial charge < -0.3 is 10.1 Å². The van der Waals surface area contributed by atoms with Crippen molar-refractivity contribution in [3.8, 4) is 5.69 Å². The average molecular weight is 359 g/mol. The van der Waals surface area contributed by atoms with Crippen molar-refractivity contribution in [1.29, 1.82) is 0 Å². The van der Waals surface area contributed by atoms with E-state index in [1.807, 2.05) is 0 Å². The number of benzene rings is 1. The predicted molar refractivity (Wildman–Crippen MR) is 93.4 cm³/mol. The third kappa shape index (κ3) is 4.28. The Kier molecular flexibility index (Phi) is 5.65. The fourth-order valence-electron chi connectivity index (χ4n) is 3.24. The molecule has 0 spiro atoms. The van der Waals surface area contributed by atoms with Gasteiger partial charge in [-0.05, 0) is 43.0 Å². The summed E-state index contributed by atoms with van der Waals surface area (Å²) in [6, 6.07) is 5.79. The first-order chi connectivity index (χ1) is 12.5.